The summed E-state index contributed by atoms with van der Waals surface area (Å²) < 4.78 is 0. The molecule has 0 spiro atoms. The van der Waals surface area contributed by atoms with Crippen LogP contribution in [0.1, 0.15) is 5.56 Å². The maximum absolute atomic E-state index is 11.2. The zero-order chi connectivity index (χ0) is 16.1. The smallest absolute Gasteiger partial charge is 0.234 e. The lowest BCUT2D eigenvalue weighted by Crippen LogP contribution is -2.29. The number of aromatic amines is 1. The quantitative estimate of drug-likeness (QED) is 0.650. The van der Waals surface area contributed by atoms with E-state index in [1.54, 1.807) is 0 Å². The average Bonchev–Trinajstić information content (AvgIpc) is 3.14. The minimum absolute atomic E-state index is 0. The number of hydrogen-bond donors (Lipinski definition) is 3. The molecule has 3 rings (SSSR count). The first-order valence-corrected chi connectivity index (χ1v) is 7.17. The summed E-state index contributed by atoms with van der Waals surface area (Å²) in [5, 5.41) is 16.9. The van der Waals surface area contributed by atoms with E-state index in [9.17, 15) is 4.79 Å². The number of benzene rings is 2. The lowest BCUT2D eigenvalue weighted by Gasteiger charge is -2.08. The van der Waals surface area contributed by atoms with Crippen LogP contribution in [0.2, 0.25) is 0 Å². The molecule has 1 aromatic heterocycles. The average molecular weight is 345 g/mol. The van der Waals surface area contributed by atoms with Crippen LogP contribution < -0.4 is 11.1 Å². The molecule has 0 aliphatic carbocycles. The van der Waals surface area contributed by atoms with E-state index < -0.39 is 0 Å². The Morgan fingerprint density at radius 2 is 1.79 bits per heavy atom. The molecular formula is C16H17ClN6O. The van der Waals surface area contributed by atoms with Gasteiger partial charge in [0, 0.05) is 12.1 Å². The Bertz CT molecular complexity index is 789. The maximum Gasteiger partial charge on any atom is 0.234 e. The molecule has 0 aliphatic rings. The Balaban J connectivity index is 0.00000208. The number of H-pyrrole nitrogens is 1. The Kier molecular flexibility index (Phi) is 6.00. The standard InChI is InChI=1S/C16H16N6O.ClH/c17-9-15(23)18-10-11-5-7-12(8-6-11)13-3-1-2-4-14(13)16-19-21-22-20-16;/h1-8H,9-10,17H2,(H,18,23)(H,19,20,21,22);1H. The molecule has 24 heavy (non-hydrogen) atoms. The highest BCUT2D eigenvalue weighted by Crippen LogP contribution is 2.29. The number of hydrogen-bond acceptors (Lipinski definition) is 5. The van der Waals surface area contributed by atoms with Gasteiger partial charge >= 0.3 is 0 Å². The summed E-state index contributed by atoms with van der Waals surface area (Å²) in [4.78, 5) is 11.2. The molecule has 0 atom stereocenters. The predicted octanol–water partition coefficient (Wildman–Crippen LogP) is 1.53. The Morgan fingerprint density at radius 1 is 1.08 bits per heavy atom. The first kappa shape index (κ1) is 17.6. The van der Waals surface area contributed by atoms with Crippen molar-refractivity contribution >= 4 is 18.3 Å². The Hall–Kier alpha value is -2.77. The number of nitrogens with one attached hydrogen (secondary N) is 2. The van der Waals surface area contributed by atoms with Gasteiger partial charge in [-0.25, -0.2) is 0 Å². The molecule has 0 bridgehead atoms. The van der Waals surface area contributed by atoms with E-state index in [0.29, 0.717) is 12.4 Å². The number of carbonyl (C=O) groups is 1. The number of nitrogens with two attached hydrogens (primary N) is 1. The van der Waals surface area contributed by atoms with Crippen molar-refractivity contribution in [3.05, 3.63) is 54.1 Å². The van der Waals surface area contributed by atoms with Crippen LogP contribution >= 0.6 is 12.4 Å². The van der Waals surface area contributed by atoms with Crippen molar-refractivity contribution < 1.29 is 4.79 Å². The molecule has 0 unspecified atom stereocenters. The molecule has 2 aromatic carbocycles. The van der Waals surface area contributed by atoms with Gasteiger partial charge in [-0.3, -0.25) is 4.79 Å². The molecule has 124 valence electrons. The van der Waals surface area contributed by atoms with Gasteiger partial charge in [-0.1, -0.05) is 48.5 Å². The van der Waals surface area contributed by atoms with E-state index >= 15 is 0 Å². The van der Waals surface area contributed by atoms with E-state index in [2.05, 4.69) is 25.9 Å². The second-order valence-corrected chi connectivity index (χ2v) is 4.96. The zero-order valence-corrected chi connectivity index (χ0v) is 13.6. The van der Waals surface area contributed by atoms with Gasteiger partial charge in [0.15, 0.2) is 0 Å². The number of tetrazole rings is 1. The van der Waals surface area contributed by atoms with Crippen molar-refractivity contribution in [3.8, 4) is 22.5 Å². The molecule has 1 heterocycles. The third-order valence-electron chi connectivity index (χ3n) is 3.45. The van der Waals surface area contributed by atoms with Crippen molar-refractivity contribution in [2.75, 3.05) is 6.54 Å². The van der Waals surface area contributed by atoms with Crippen molar-refractivity contribution in [1.29, 1.82) is 0 Å². The number of nitrogens with zero attached hydrogens (tertiary/aromatic N) is 3. The van der Waals surface area contributed by atoms with E-state index in [0.717, 1.165) is 22.3 Å². The molecule has 3 aromatic rings. The van der Waals surface area contributed by atoms with Gasteiger partial charge in [0.1, 0.15) is 0 Å². The van der Waals surface area contributed by atoms with E-state index in [1.165, 1.54) is 0 Å². The fraction of sp³-hybridized carbons (Fsp3) is 0.125. The summed E-state index contributed by atoms with van der Waals surface area (Å²) in [7, 11) is 0. The van der Waals surface area contributed by atoms with Crippen LogP contribution in [0.15, 0.2) is 48.5 Å². The van der Waals surface area contributed by atoms with Gasteiger partial charge in [-0.15, -0.1) is 22.6 Å². The van der Waals surface area contributed by atoms with Gasteiger partial charge in [-0.2, -0.15) is 5.21 Å². The summed E-state index contributed by atoms with van der Waals surface area (Å²) in [5.74, 6) is 0.386. The van der Waals surface area contributed by atoms with Crippen LogP contribution in [0.25, 0.3) is 22.5 Å². The third-order valence-corrected chi connectivity index (χ3v) is 3.45. The molecule has 0 saturated carbocycles. The lowest BCUT2D eigenvalue weighted by molar-refractivity contribution is -0.119. The van der Waals surface area contributed by atoms with Gasteiger partial charge in [-0.05, 0) is 21.9 Å². The van der Waals surface area contributed by atoms with Crippen LogP contribution in [-0.2, 0) is 11.3 Å². The second kappa shape index (κ2) is 8.19. The van der Waals surface area contributed by atoms with Crippen LogP contribution in [-0.4, -0.2) is 33.1 Å². The van der Waals surface area contributed by atoms with Gasteiger partial charge < -0.3 is 11.1 Å². The highest BCUT2D eigenvalue weighted by Gasteiger charge is 2.10. The minimum atomic E-state index is -0.170. The summed E-state index contributed by atoms with van der Waals surface area (Å²) in [6.45, 7) is 0.457. The molecule has 0 saturated heterocycles. The monoisotopic (exact) mass is 344 g/mol. The highest BCUT2D eigenvalue weighted by atomic mass is 35.5. The summed E-state index contributed by atoms with van der Waals surface area (Å²) in [6.07, 6.45) is 0. The van der Waals surface area contributed by atoms with E-state index in [1.807, 2.05) is 48.5 Å². The summed E-state index contributed by atoms with van der Waals surface area (Å²) >= 11 is 0. The van der Waals surface area contributed by atoms with Crippen molar-refractivity contribution in [2.24, 2.45) is 5.73 Å². The van der Waals surface area contributed by atoms with Crippen LogP contribution in [0, 0.1) is 0 Å². The Morgan fingerprint density at radius 3 is 2.42 bits per heavy atom. The van der Waals surface area contributed by atoms with Crippen molar-refractivity contribution in [2.45, 2.75) is 6.54 Å². The normalized spacial score (nSPS) is 10.0. The molecule has 0 aliphatic heterocycles. The van der Waals surface area contributed by atoms with Crippen LogP contribution in [0.3, 0.4) is 0 Å². The fourth-order valence-corrected chi connectivity index (χ4v) is 2.28. The van der Waals surface area contributed by atoms with Crippen LogP contribution in [0.5, 0.6) is 0 Å². The van der Waals surface area contributed by atoms with Gasteiger partial charge in [0.25, 0.3) is 0 Å². The lowest BCUT2D eigenvalue weighted by atomic mass is 9.98. The van der Waals surface area contributed by atoms with E-state index in [4.69, 9.17) is 5.73 Å². The van der Waals surface area contributed by atoms with Crippen molar-refractivity contribution in [1.82, 2.24) is 25.9 Å². The van der Waals surface area contributed by atoms with Crippen LogP contribution in [0.4, 0.5) is 0 Å². The van der Waals surface area contributed by atoms with E-state index in [-0.39, 0.29) is 24.9 Å². The SMILES string of the molecule is Cl.NCC(=O)NCc1ccc(-c2ccccc2-c2nn[nH]n2)cc1. The molecule has 0 radical (unpaired) electrons. The molecular weight excluding hydrogens is 328 g/mol. The first-order valence-electron chi connectivity index (χ1n) is 7.17. The molecule has 7 nitrogen and oxygen atoms in total. The van der Waals surface area contributed by atoms with Gasteiger partial charge in [0.2, 0.25) is 11.7 Å². The minimum Gasteiger partial charge on any atom is -0.351 e. The second-order valence-electron chi connectivity index (χ2n) is 4.96. The molecule has 4 N–H and O–H groups in total. The number of rotatable bonds is 5. The maximum atomic E-state index is 11.2. The summed E-state index contributed by atoms with van der Waals surface area (Å²) in [5.41, 5.74) is 9.24. The molecule has 1 amide bonds. The summed E-state index contributed by atoms with van der Waals surface area (Å²) in [6, 6.07) is 15.8. The largest absolute Gasteiger partial charge is 0.351 e. The molecule has 0 fully saturated rings. The highest BCUT2D eigenvalue weighted by molar-refractivity contribution is 5.85. The fourth-order valence-electron chi connectivity index (χ4n) is 2.28. The van der Waals surface area contributed by atoms with Crippen molar-refractivity contribution in [3.63, 3.8) is 0 Å². The predicted molar refractivity (Wildman–Crippen MR) is 93.2 cm³/mol. The third kappa shape index (κ3) is 3.95. The zero-order valence-electron chi connectivity index (χ0n) is 12.8. The number of amides is 1. The number of carbonyl (C=O) groups excluding carboxylic acids is 1. The topological polar surface area (TPSA) is 110 Å². The van der Waals surface area contributed by atoms with Gasteiger partial charge in [0.05, 0.1) is 6.54 Å². The first-order chi connectivity index (χ1) is 11.3. The Labute approximate surface area is 145 Å². The number of halogens is 1. The number of aromatic nitrogens is 4. The molecule has 8 heteroatoms.